The number of hydrogen-bond acceptors (Lipinski definition) is 4. The number of sulfonamides is 1. The smallest absolute Gasteiger partial charge is 0.318 e. The molecule has 1 aromatic carbocycles. The molecule has 0 saturated carbocycles. The minimum atomic E-state index is -3.73. The van der Waals surface area contributed by atoms with Crippen molar-refractivity contribution in [3.63, 3.8) is 0 Å². The lowest BCUT2D eigenvalue weighted by Gasteiger charge is -2.00. The molecule has 0 amide bonds. The number of benzene rings is 1. The number of thiophene rings is 1. The van der Waals surface area contributed by atoms with Gasteiger partial charge in [-0.05, 0) is 17.5 Å². The zero-order chi connectivity index (χ0) is 12.5. The molecule has 90 valence electrons. The lowest BCUT2D eigenvalue weighted by Crippen LogP contribution is -2.28. The summed E-state index contributed by atoms with van der Waals surface area (Å²) in [7, 11) is -3.73. The van der Waals surface area contributed by atoms with E-state index in [1.54, 1.807) is 0 Å². The monoisotopic (exact) mass is 271 g/mol. The molecule has 0 saturated heterocycles. The van der Waals surface area contributed by atoms with Crippen molar-refractivity contribution in [2.45, 2.75) is 4.21 Å². The van der Waals surface area contributed by atoms with E-state index < -0.39 is 22.5 Å². The molecule has 1 heterocycles. The molecule has 1 aromatic heterocycles. The van der Waals surface area contributed by atoms with Crippen LogP contribution in [0, 0.1) is 0 Å². The van der Waals surface area contributed by atoms with E-state index in [9.17, 15) is 13.2 Å². The van der Waals surface area contributed by atoms with E-state index in [1.165, 1.54) is 6.07 Å². The number of rotatable bonds is 4. The molecular weight excluding hydrogens is 262 g/mol. The first-order valence-corrected chi connectivity index (χ1v) is 6.99. The van der Waals surface area contributed by atoms with Crippen molar-refractivity contribution in [3.8, 4) is 0 Å². The van der Waals surface area contributed by atoms with Crippen LogP contribution < -0.4 is 4.72 Å². The van der Waals surface area contributed by atoms with Crippen molar-refractivity contribution >= 4 is 37.4 Å². The van der Waals surface area contributed by atoms with Crippen molar-refractivity contribution in [2.24, 2.45) is 0 Å². The fourth-order valence-electron chi connectivity index (χ4n) is 1.32. The van der Waals surface area contributed by atoms with Crippen molar-refractivity contribution in [2.75, 3.05) is 6.54 Å². The van der Waals surface area contributed by atoms with Crippen LogP contribution >= 0.6 is 11.3 Å². The number of carboxylic acids is 1. The summed E-state index contributed by atoms with van der Waals surface area (Å²) in [6.45, 7) is -0.615. The molecule has 0 spiro atoms. The Morgan fingerprint density at radius 1 is 1.35 bits per heavy atom. The number of aliphatic carboxylic acids is 1. The summed E-state index contributed by atoms with van der Waals surface area (Å²) < 4.78 is 26.5. The molecule has 0 aliphatic rings. The quantitative estimate of drug-likeness (QED) is 0.877. The third kappa shape index (κ3) is 2.63. The largest absolute Gasteiger partial charge is 0.480 e. The van der Waals surface area contributed by atoms with Gasteiger partial charge in [0.1, 0.15) is 10.8 Å². The molecule has 2 aromatic rings. The van der Waals surface area contributed by atoms with Crippen molar-refractivity contribution in [1.29, 1.82) is 0 Å². The summed E-state index contributed by atoms with van der Waals surface area (Å²) in [6, 6.07) is 8.79. The third-order valence-electron chi connectivity index (χ3n) is 2.08. The van der Waals surface area contributed by atoms with Gasteiger partial charge in [-0.3, -0.25) is 4.79 Å². The highest BCUT2D eigenvalue weighted by Crippen LogP contribution is 2.28. The van der Waals surface area contributed by atoms with Crippen LogP contribution in [-0.2, 0) is 14.8 Å². The van der Waals surface area contributed by atoms with Gasteiger partial charge in [0.2, 0.25) is 0 Å². The average Bonchev–Trinajstić information content (AvgIpc) is 2.71. The van der Waals surface area contributed by atoms with Crippen LogP contribution in [0.3, 0.4) is 0 Å². The second kappa shape index (κ2) is 4.44. The van der Waals surface area contributed by atoms with Crippen LogP contribution in [0.1, 0.15) is 0 Å². The molecule has 2 rings (SSSR count). The summed E-state index contributed by atoms with van der Waals surface area (Å²) in [5, 5.41) is 9.27. The normalized spacial score (nSPS) is 11.8. The number of fused-ring (bicyclic) bond motifs is 1. The van der Waals surface area contributed by atoms with Gasteiger partial charge in [0, 0.05) is 4.70 Å². The van der Waals surface area contributed by atoms with Gasteiger partial charge in [-0.15, -0.1) is 11.3 Å². The second-order valence-corrected chi connectivity index (χ2v) is 6.40. The third-order valence-corrected chi connectivity index (χ3v) is 5.07. The summed E-state index contributed by atoms with van der Waals surface area (Å²) in [6.07, 6.45) is 0. The Hall–Kier alpha value is -1.44. The Morgan fingerprint density at radius 2 is 2.06 bits per heavy atom. The van der Waals surface area contributed by atoms with E-state index in [4.69, 9.17) is 5.11 Å². The van der Waals surface area contributed by atoms with E-state index in [2.05, 4.69) is 0 Å². The van der Waals surface area contributed by atoms with Gasteiger partial charge in [-0.25, -0.2) is 8.42 Å². The number of carbonyl (C=O) groups is 1. The number of hydrogen-bond donors (Lipinski definition) is 2. The van der Waals surface area contributed by atoms with Crippen LogP contribution in [0.5, 0.6) is 0 Å². The average molecular weight is 271 g/mol. The van der Waals surface area contributed by atoms with Gasteiger partial charge >= 0.3 is 5.97 Å². The SMILES string of the molecule is O=C(O)CNS(=O)(=O)c1cc2ccccc2s1. The molecule has 0 fully saturated rings. The summed E-state index contributed by atoms with van der Waals surface area (Å²) in [5.74, 6) is -1.21. The highest BCUT2D eigenvalue weighted by Gasteiger charge is 2.17. The highest BCUT2D eigenvalue weighted by atomic mass is 32.2. The van der Waals surface area contributed by atoms with E-state index in [0.29, 0.717) is 0 Å². The van der Waals surface area contributed by atoms with Gasteiger partial charge < -0.3 is 5.11 Å². The Kier molecular flexibility index (Phi) is 3.14. The molecule has 0 aliphatic heterocycles. The minimum Gasteiger partial charge on any atom is -0.480 e. The second-order valence-electron chi connectivity index (χ2n) is 3.32. The lowest BCUT2D eigenvalue weighted by atomic mass is 10.3. The number of carboxylic acid groups (broad SMARTS) is 1. The summed E-state index contributed by atoms with van der Waals surface area (Å²) in [4.78, 5) is 10.3. The molecule has 5 nitrogen and oxygen atoms in total. The standard InChI is InChI=1S/C10H9NO4S2/c12-9(13)6-11-17(14,15)10-5-7-3-1-2-4-8(7)16-10/h1-5,11H,6H2,(H,12,13). The predicted molar refractivity (Wildman–Crippen MR) is 64.6 cm³/mol. The molecule has 0 aliphatic carbocycles. The zero-order valence-electron chi connectivity index (χ0n) is 8.58. The first kappa shape index (κ1) is 12.0. The first-order chi connectivity index (χ1) is 7.99. The van der Waals surface area contributed by atoms with E-state index in [0.717, 1.165) is 21.4 Å². The lowest BCUT2D eigenvalue weighted by molar-refractivity contribution is -0.135. The molecule has 0 atom stereocenters. The molecule has 0 unspecified atom stereocenters. The highest BCUT2D eigenvalue weighted by molar-refractivity contribution is 7.91. The predicted octanol–water partition coefficient (Wildman–Crippen LogP) is 1.26. The Morgan fingerprint density at radius 3 is 2.71 bits per heavy atom. The maximum absolute atomic E-state index is 11.7. The van der Waals surface area contributed by atoms with Crippen LogP contribution in [0.25, 0.3) is 10.1 Å². The first-order valence-electron chi connectivity index (χ1n) is 4.69. The molecule has 0 radical (unpaired) electrons. The molecule has 7 heteroatoms. The Labute approximate surface area is 102 Å². The van der Waals surface area contributed by atoms with Gasteiger partial charge in [0.15, 0.2) is 0 Å². The van der Waals surface area contributed by atoms with Crippen LogP contribution in [0.4, 0.5) is 0 Å². The number of nitrogens with one attached hydrogen (secondary N) is 1. The maximum atomic E-state index is 11.7. The fraction of sp³-hybridized carbons (Fsp3) is 0.100. The van der Waals surface area contributed by atoms with Crippen molar-refractivity contribution < 1.29 is 18.3 Å². The van der Waals surface area contributed by atoms with Gasteiger partial charge in [-0.1, -0.05) is 18.2 Å². The molecule has 2 N–H and O–H groups in total. The van der Waals surface area contributed by atoms with E-state index in [1.807, 2.05) is 29.0 Å². The van der Waals surface area contributed by atoms with Crippen LogP contribution in [0.2, 0.25) is 0 Å². The maximum Gasteiger partial charge on any atom is 0.318 e. The Bertz CT molecular complexity index is 627. The summed E-state index contributed by atoms with van der Waals surface area (Å²) >= 11 is 1.11. The van der Waals surface area contributed by atoms with Gasteiger partial charge in [0.25, 0.3) is 10.0 Å². The topological polar surface area (TPSA) is 83.5 Å². The van der Waals surface area contributed by atoms with E-state index in [-0.39, 0.29) is 4.21 Å². The fourth-order valence-corrected chi connectivity index (χ4v) is 3.73. The molecule has 17 heavy (non-hydrogen) atoms. The Balaban J connectivity index is 2.35. The summed E-state index contributed by atoms with van der Waals surface area (Å²) in [5.41, 5.74) is 0. The van der Waals surface area contributed by atoms with Crippen LogP contribution in [-0.4, -0.2) is 26.0 Å². The molecule has 0 bridgehead atoms. The zero-order valence-corrected chi connectivity index (χ0v) is 10.2. The van der Waals surface area contributed by atoms with Crippen LogP contribution in [0.15, 0.2) is 34.5 Å². The molecular formula is C10H9NO4S2. The van der Waals surface area contributed by atoms with Crippen molar-refractivity contribution in [1.82, 2.24) is 4.72 Å². The van der Waals surface area contributed by atoms with Gasteiger partial charge in [-0.2, -0.15) is 4.72 Å². The van der Waals surface area contributed by atoms with Crippen molar-refractivity contribution in [3.05, 3.63) is 30.3 Å². The minimum absolute atomic E-state index is 0.125. The van der Waals surface area contributed by atoms with E-state index >= 15 is 0 Å². The van der Waals surface area contributed by atoms with Gasteiger partial charge in [0.05, 0.1) is 0 Å².